The summed E-state index contributed by atoms with van der Waals surface area (Å²) in [7, 11) is 0. The number of aliphatic hydroxyl groups excluding tert-OH is 2. The number of nitriles is 1. The highest BCUT2D eigenvalue weighted by atomic mass is 16.3. The van der Waals surface area contributed by atoms with Crippen LogP contribution in [0.4, 0.5) is 5.82 Å². The van der Waals surface area contributed by atoms with Crippen LogP contribution in [0.2, 0.25) is 0 Å². The normalized spacial score (nSPS) is 11.9. The predicted molar refractivity (Wildman–Crippen MR) is 67.1 cm³/mol. The molecular formula is C12H18N4O2. The van der Waals surface area contributed by atoms with Gasteiger partial charge in [-0.25, -0.2) is 0 Å². The van der Waals surface area contributed by atoms with Crippen LogP contribution in [0.3, 0.4) is 0 Å². The van der Waals surface area contributed by atoms with Crippen molar-refractivity contribution in [3.63, 3.8) is 0 Å². The fourth-order valence-electron chi connectivity index (χ4n) is 1.70. The van der Waals surface area contributed by atoms with Crippen LogP contribution in [0, 0.1) is 11.3 Å². The second-order valence-electron chi connectivity index (χ2n) is 3.89. The first-order chi connectivity index (χ1) is 8.67. The Morgan fingerprint density at radius 2 is 2.06 bits per heavy atom. The van der Waals surface area contributed by atoms with E-state index in [-0.39, 0.29) is 13.2 Å². The summed E-state index contributed by atoms with van der Waals surface area (Å²) in [6, 6.07) is 2.12. The van der Waals surface area contributed by atoms with Crippen molar-refractivity contribution in [2.75, 3.05) is 18.5 Å². The zero-order chi connectivity index (χ0) is 13.5. The molecule has 0 amide bonds. The van der Waals surface area contributed by atoms with Crippen LogP contribution in [0.5, 0.6) is 0 Å². The molecule has 0 spiro atoms. The van der Waals surface area contributed by atoms with E-state index in [9.17, 15) is 10.4 Å². The quantitative estimate of drug-likeness (QED) is 0.668. The van der Waals surface area contributed by atoms with Gasteiger partial charge in [0.2, 0.25) is 0 Å². The molecule has 1 atom stereocenters. The monoisotopic (exact) mass is 250 g/mol. The fraction of sp³-hybridized carbons (Fsp3) is 0.583. The summed E-state index contributed by atoms with van der Waals surface area (Å²) >= 11 is 0. The van der Waals surface area contributed by atoms with Crippen LogP contribution in [-0.2, 0) is 12.8 Å². The summed E-state index contributed by atoms with van der Waals surface area (Å²) in [6.07, 6.45) is 0.553. The number of aryl methyl sites for hydroxylation is 1. The standard InChI is InChI=1S/C12H18N4O2/c1-3-9-10(5-13)12(14-6-8(18)7-17)16-15-11(9)4-2/h8,17-18H,3-4,6-7H2,1-2H3,(H,14,16)/t8-/m1/s1. The average molecular weight is 250 g/mol. The van der Waals surface area contributed by atoms with Gasteiger partial charge in [-0.3, -0.25) is 0 Å². The minimum atomic E-state index is -0.880. The molecular weight excluding hydrogens is 232 g/mol. The van der Waals surface area contributed by atoms with E-state index < -0.39 is 6.10 Å². The Morgan fingerprint density at radius 1 is 1.33 bits per heavy atom. The topological polar surface area (TPSA) is 102 Å². The second-order valence-corrected chi connectivity index (χ2v) is 3.89. The van der Waals surface area contributed by atoms with E-state index in [0.29, 0.717) is 17.8 Å². The third-order valence-corrected chi connectivity index (χ3v) is 2.67. The molecule has 0 aliphatic carbocycles. The summed E-state index contributed by atoms with van der Waals surface area (Å²) < 4.78 is 0. The van der Waals surface area contributed by atoms with Crippen molar-refractivity contribution in [1.82, 2.24) is 10.2 Å². The van der Waals surface area contributed by atoms with E-state index >= 15 is 0 Å². The molecule has 1 aromatic rings. The van der Waals surface area contributed by atoms with Gasteiger partial charge in [-0.1, -0.05) is 13.8 Å². The second kappa shape index (κ2) is 6.89. The predicted octanol–water partition coefficient (Wildman–Crippen LogP) is 0.238. The number of hydrogen-bond donors (Lipinski definition) is 3. The molecule has 0 saturated heterocycles. The molecule has 1 aromatic heterocycles. The lowest BCUT2D eigenvalue weighted by molar-refractivity contribution is 0.105. The van der Waals surface area contributed by atoms with Crippen molar-refractivity contribution in [2.24, 2.45) is 0 Å². The minimum Gasteiger partial charge on any atom is -0.394 e. The summed E-state index contributed by atoms with van der Waals surface area (Å²) in [5, 5.41) is 38.1. The van der Waals surface area contributed by atoms with Gasteiger partial charge in [-0.15, -0.1) is 5.10 Å². The lowest BCUT2D eigenvalue weighted by atomic mass is 10.0. The van der Waals surface area contributed by atoms with Crippen LogP contribution in [0.25, 0.3) is 0 Å². The van der Waals surface area contributed by atoms with Gasteiger partial charge in [0.05, 0.1) is 18.4 Å². The summed E-state index contributed by atoms with van der Waals surface area (Å²) in [5.41, 5.74) is 2.17. The van der Waals surface area contributed by atoms with Gasteiger partial charge in [0, 0.05) is 6.54 Å². The van der Waals surface area contributed by atoms with E-state index in [0.717, 1.165) is 17.7 Å². The van der Waals surface area contributed by atoms with E-state index in [2.05, 4.69) is 21.6 Å². The average Bonchev–Trinajstić information content (AvgIpc) is 2.43. The van der Waals surface area contributed by atoms with Crippen molar-refractivity contribution >= 4 is 5.82 Å². The number of anilines is 1. The van der Waals surface area contributed by atoms with Crippen LogP contribution in [0.15, 0.2) is 0 Å². The molecule has 0 aromatic carbocycles. The van der Waals surface area contributed by atoms with Gasteiger partial charge >= 0.3 is 0 Å². The Hall–Kier alpha value is -1.71. The number of rotatable bonds is 6. The smallest absolute Gasteiger partial charge is 0.167 e. The zero-order valence-electron chi connectivity index (χ0n) is 10.6. The van der Waals surface area contributed by atoms with Gasteiger partial charge in [-0.2, -0.15) is 10.4 Å². The Bertz CT molecular complexity index is 442. The van der Waals surface area contributed by atoms with Crippen LogP contribution >= 0.6 is 0 Å². The molecule has 6 nitrogen and oxygen atoms in total. The number of nitrogens with one attached hydrogen (secondary N) is 1. The maximum Gasteiger partial charge on any atom is 0.167 e. The Balaban J connectivity index is 3.02. The molecule has 0 saturated carbocycles. The molecule has 98 valence electrons. The Labute approximate surface area is 106 Å². The van der Waals surface area contributed by atoms with Gasteiger partial charge in [-0.05, 0) is 18.4 Å². The molecule has 18 heavy (non-hydrogen) atoms. The van der Waals surface area contributed by atoms with Crippen molar-refractivity contribution < 1.29 is 10.2 Å². The van der Waals surface area contributed by atoms with Crippen LogP contribution in [0.1, 0.15) is 30.7 Å². The van der Waals surface area contributed by atoms with Crippen LogP contribution < -0.4 is 5.32 Å². The van der Waals surface area contributed by atoms with Crippen molar-refractivity contribution in [3.05, 3.63) is 16.8 Å². The number of hydrogen-bond acceptors (Lipinski definition) is 6. The molecule has 0 aliphatic rings. The lowest BCUT2D eigenvalue weighted by Crippen LogP contribution is -2.24. The third-order valence-electron chi connectivity index (χ3n) is 2.67. The summed E-state index contributed by atoms with van der Waals surface area (Å²) in [5.74, 6) is 0.360. The van der Waals surface area contributed by atoms with Crippen LogP contribution in [-0.4, -0.2) is 39.7 Å². The number of aliphatic hydroxyl groups is 2. The molecule has 1 rings (SSSR count). The van der Waals surface area contributed by atoms with Crippen molar-refractivity contribution in [1.29, 1.82) is 5.26 Å². The lowest BCUT2D eigenvalue weighted by Gasteiger charge is -2.13. The highest BCUT2D eigenvalue weighted by Gasteiger charge is 2.14. The van der Waals surface area contributed by atoms with Gasteiger partial charge in [0.1, 0.15) is 11.6 Å². The largest absolute Gasteiger partial charge is 0.394 e. The molecule has 1 heterocycles. The molecule has 0 unspecified atom stereocenters. The maximum atomic E-state index is 9.27. The maximum absolute atomic E-state index is 9.27. The highest BCUT2D eigenvalue weighted by molar-refractivity contribution is 5.56. The molecule has 0 radical (unpaired) electrons. The van der Waals surface area contributed by atoms with E-state index in [4.69, 9.17) is 5.11 Å². The Morgan fingerprint density at radius 3 is 2.56 bits per heavy atom. The SMILES string of the molecule is CCc1nnc(NC[C@@H](O)CO)c(C#N)c1CC. The van der Waals surface area contributed by atoms with Gasteiger partial charge < -0.3 is 15.5 Å². The first-order valence-corrected chi connectivity index (χ1v) is 5.99. The third kappa shape index (κ3) is 3.15. The molecule has 0 fully saturated rings. The van der Waals surface area contributed by atoms with Crippen molar-refractivity contribution in [3.8, 4) is 6.07 Å². The summed E-state index contributed by atoms with van der Waals surface area (Å²) in [4.78, 5) is 0. The van der Waals surface area contributed by atoms with Gasteiger partial charge in [0.25, 0.3) is 0 Å². The highest BCUT2D eigenvalue weighted by Crippen LogP contribution is 2.19. The molecule has 3 N–H and O–H groups in total. The fourth-order valence-corrected chi connectivity index (χ4v) is 1.70. The Kier molecular flexibility index (Phi) is 5.49. The van der Waals surface area contributed by atoms with E-state index in [1.165, 1.54) is 0 Å². The van der Waals surface area contributed by atoms with Gasteiger partial charge in [0.15, 0.2) is 5.82 Å². The molecule has 0 bridgehead atoms. The summed E-state index contributed by atoms with van der Waals surface area (Å²) in [6.45, 7) is 3.72. The van der Waals surface area contributed by atoms with E-state index in [1.54, 1.807) is 0 Å². The minimum absolute atomic E-state index is 0.133. The van der Waals surface area contributed by atoms with E-state index in [1.807, 2.05) is 13.8 Å². The molecule has 6 heteroatoms. The number of nitrogens with zero attached hydrogens (tertiary/aromatic N) is 3. The zero-order valence-corrected chi connectivity index (χ0v) is 10.6. The number of aromatic nitrogens is 2. The molecule has 0 aliphatic heterocycles. The van der Waals surface area contributed by atoms with Crippen molar-refractivity contribution in [2.45, 2.75) is 32.8 Å². The first kappa shape index (κ1) is 14.4. The first-order valence-electron chi connectivity index (χ1n) is 5.99.